The lowest BCUT2D eigenvalue weighted by molar-refractivity contribution is 0.799. The van der Waals surface area contributed by atoms with E-state index in [0.29, 0.717) is 5.95 Å². The number of hydrogen-bond donors (Lipinski definition) is 1. The molecule has 2 saturated heterocycles. The van der Waals surface area contributed by atoms with Gasteiger partial charge in [0, 0.05) is 54.9 Å². The second-order valence-corrected chi connectivity index (χ2v) is 10.0. The summed E-state index contributed by atoms with van der Waals surface area (Å²) in [7, 11) is 0. The van der Waals surface area contributed by atoms with Crippen LogP contribution in [0.4, 0.5) is 17.8 Å². The minimum atomic E-state index is 0.497. The van der Waals surface area contributed by atoms with Crippen molar-refractivity contribution in [1.29, 1.82) is 0 Å². The van der Waals surface area contributed by atoms with E-state index in [9.17, 15) is 0 Å². The molecule has 2 aromatic heterocycles. The number of nitrogens with one attached hydrogen (secondary N) is 1. The molecule has 2 aliphatic rings. The third-order valence-electron chi connectivity index (χ3n) is 7.62. The summed E-state index contributed by atoms with van der Waals surface area (Å²) in [5, 5.41) is 5.80. The molecular weight excluding hydrogens is 460 g/mol. The van der Waals surface area contributed by atoms with E-state index in [-0.39, 0.29) is 0 Å². The second-order valence-electron chi connectivity index (χ2n) is 10.0. The molecule has 4 heterocycles. The molecule has 0 bridgehead atoms. The molecule has 4 aromatic rings. The third-order valence-corrected chi connectivity index (χ3v) is 7.62. The first-order valence-electron chi connectivity index (χ1n) is 13.3. The van der Waals surface area contributed by atoms with Gasteiger partial charge in [-0.3, -0.25) is 0 Å². The molecule has 0 atom stereocenters. The number of hydrazone groups is 1. The Morgan fingerprint density at radius 2 is 1.43 bits per heavy atom. The molecule has 6 rings (SSSR count). The Kier molecular flexibility index (Phi) is 6.47. The summed E-state index contributed by atoms with van der Waals surface area (Å²) in [6.07, 6.45) is 6.62. The van der Waals surface area contributed by atoms with E-state index in [1.807, 2.05) is 6.21 Å². The standard InChI is InChI=1S/C29H34N8/c1-21-11-3-4-12-23(21)20-37-22(2)25(24-13-5-6-14-26(24)37)19-30-34-27-31-28(35-15-7-8-16-35)33-29(32-27)36-17-9-10-18-36/h3-6,11-14,19H,7-10,15-18,20H2,1-2H3,(H,31,32,33,34). The Labute approximate surface area is 218 Å². The lowest BCUT2D eigenvalue weighted by atomic mass is 10.1. The van der Waals surface area contributed by atoms with Crippen molar-refractivity contribution in [2.24, 2.45) is 5.10 Å². The van der Waals surface area contributed by atoms with Crippen LogP contribution in [0.3, 0.4) is 0 Å². The Bertz CT molecular complexity index is 1390. The molecule has 2 fully saturated rings. The molecule has 1 N–H and O–H groups in total. The fraction of sp³-hybridized carbons (Fsp3) is 0.379. The highest BCUT2D eigenvalue weighted by atomic mass is 15.4. The average Bonchev–Trinajstić information content (AvgIpc) is 3.69. The fourth-order valence-corrected chi connectivity index (χ4v) is 5.46. The number of aryl methyl sites for hydroxylation is 1. The van der Waals surface area contributed by atoms with Gasteiger partial charge >= 0.3 is 0 Å². The van der Waals surface area contributed by atoms with Gasteiger partial charge in [-0.1, -0.05) is 42.5 Å². The van der Waals surface area contributed by atoms with Gasteiger partial charge in [-0.2, -0.15) is 20.1 Å². The van der Waals surface area contributed by atoms with E-state index in [1.165, 1.54) is 53.4 Å². The Hall–Kier alpha value is -3.94. The largest absolute Gasteiger partial charge is 0.341 e. The predicted molar refractivity (Wildman–Crippen MR) is 151 cm³/mol. The highest BCUT2D eigenvalue weighted by Gasteiger charge is 2.21. The van der Waals surface area contributed by atoms with Gasteiger partial charge in [0.1, 0.15) is 0 Å². The van der Waals surface area contributed by atoms with Crippen LogP contribution in [0.5, 0.6) is 0 Å². The summed E-state index contributed by atoms with van der Waals surface area (Å²) >= 11 is 0. The zero-order chi connectivity index (χ0) is 25.2. The zero-order valence-electron chi connectivity index (χ0n) is 21.7. The maximum atomic E-state index is 4.80. The van der Waals surface area contributed by atoms with Crippen LogP contribution in [-0.4, -0.2) is 51.9 Å². The molecule has 0 radical (unpaired) electrons. The number of fused-ring (bicyclic) bond motifs is 1. The number of aromatic nitrogens is 4. The van der Waals surface area contributed by atoms with Crippen LogP contribution in [0, 0.1) is 13.8 Å². The first kappa shape index (κ1) is 23.5. The molecule has 37 heavy (non-hydrogen) atoms. The Morgan fingerprint density at radius 3 is 2.11 bits per heavy atom. The van der Waals surface area contributed by atoms with Gasteiger partial charge in [-0.05, 0) is 56.7 Å². The molecule has 8 heteroatoms. The third kappa shape index (κ3) is 4.75. The molecule has 8 nitrogen and oxygen atoms in total. The lowest BCUT2D eigenvalue weighted by Gasteiger charge is -2.20. The lowest BCUT2D eigenvalue weighted by Crippen LogP contribution is -2.25. The normalized spacial score (nSPS) is 15.9. The zero-order valence-corrected chi connectivity index (χ0v) is 21.7. The maximum absolute atomic E-state index is 4.80. The first-order chi connectivity index (χ1) is 18.2. The van der Waals surface area contributed by atoms with Crippen LogP contribution >= 0.6 is 0 Å². The summed E-state index contributed by atoms with van der Waals surface area (Å²) < 4.78 is 2.37. The monoisotopic (exact) mass is 494 g/mol. The second kappa shape index (κ2) is 10.2. The van der Waals surface area contributed by atoms with E-state index >= 15 is 0 Å². The van der Waals surface area contributed by atoms with Crippen LogP contribution in [-0.2, 0) is 6.54 Å². The molecular formula is C29H34N8. The van der Waals surface area contributed by atoms with Gasteiger partial charge in [0.05, 0.1) is 6.21 Å². The molecule has 190 valence electrons. The summed E-state index contributed by atoms with van der Waals surface area (Å²) in [4.78, 5) is 18.7. The smallest absolute Gasteiger partial charge is 0.250 e. The van der Waals surface area contributed by atoms with Gasteiger partial charge in [0.25, 0.3) is 0 Å². The van der Waals surface area contributed by atoms with Crippen LogP contribution in [0.2, 0.25) is 0 Å². The molecule has 2 aliphatic heterocycles. The van der Waals surface area contributed by atoms with Crippen molar-refractivity contribution >= 4 is 35.0 Å². The molecule has 0 amide bonds. The summed E-state index contributed by atoms with van der Waals surface area (Å²) in [6, 6.07) is 17.1. The van der Waals surface area contributed by atoms with Gasteiger partial charge in [-0.15, -0.1) is 0 Å². The minimum absolute atomic E-state index is 0.497. The maximum Gasteiger partial charge on any atom is 0.250 e. The average molecular weight is 495 g/mol. The van der Waals surface area contributed by atoms with E-state index in [4.69, 9.17) is 15.0 Å². The van der Waals surface area contributed by atoms with Crippen molar-refractivity contribution in [2.75, 3.05) is 41.4 Å². The van der Waals surface area contributed by atoms with Crippen molar-refractivity contribution in [3.63, 3.8) is 0 Å². The number of rotatable bonds is 7. The molecule has 0 unspecified atom stereocenters. The van der Waals surface area contributed by atoms with Gasteiger partial charge in [-0.25, -0.2) is 5.43 Å². The predicted octanol–water partition coefficient (Wildman–Crippen LogP) is 5.14. The number of anilines is 3. The van der Waals surface area contributed by atoms with Crippen LogP contribution < -0.4 is 15.2 Å². The van der Waals surface area contributed by atoms with Crippen LogP contribution in [0.15, 0.2) is 53.6 Å². The first-order valence-corrected chi connectivity index (χ1v) is 13.3. The van der Waals surface area contributed by atoms with Crippen molar-refractivity contribution in [1.82, 2.24) is 19.5 Å². The summed E-state index contributed by atoms with van der Waals surface area (Å²) in [5.74, 6) is 1.99. The van der Waals surface area contributed by atoms with Crippen molar-refractivity contribution in [3.05, 3.63) is 70.9 Å². The van der Waals surface area contributed by atoms with Crippen LogP contribution in [0.1, 0.15) is 48.1 Å². The number of nitrogens with zero attached hydrogens (tertiary/aromatic N) is 7. The van der Waals surface area contributed by atoms with E-state index in [1.54, 1.807) is 0 Å². The summed E-state index contributed by atoms with van der Waals surface area (Å²) in [6.45, 7) is 9.13. The van der Waals surface area contributed by atoms with E-state index in [0.717, 1.165) is 50.2 Å². The number of hydrogen-bond acceptors (Lipinski definition) is 7. The van der Waals surface area contributed by atoms with E-state index in [2.05, 4.69) is 87.3 Å². The molecule has 2 aromatic carbocycles. The minimum Gasteiger partial charge on any atom is -0.341 e. The topological polar surface area (TPSA) is 74.5 Å². The highest BCUT2D eigenvalue weighted by molar-refractivity contribution is 6.01. The molecule has 0 spiro atoms. The number of para-hydroxylation sites is 1. The van der Waals surface area contributed by atoms with Crippen molar-refractivity contribution in [3.8, 4) is 0 Å². The van der Waals surface area contributed by atoms with Gasteiger partial charge < -0.3 is 14.4 Å². The fourth-order valence-electron chi connectivity index (χ4n) is 5.46. The Morgan fingerprint density at radius 1 is 0.811 bits per heavy atom. The Balaban J connectivity index is 1.30. The van der Waals surface area contributed by atoms with E-state index < -0.39 is 0 Å². The SMILES string of the molecule is Cc1ccccc1Cn1c(C)c(C=NNc2nc(N3CCCC3)nc(N3CCCC3)n2)c2ccccc21. The molecule has 0 saturated carbocycles. The number of benzene rings is 2. The van der Waals surface area contributed by atoms with Gasteiger partial charge in [0.15, 0.2) is 0 Å². The summed E-state index contributed by atoms with van der Waals surface area (Å²) in [5.41, 5.74) is 9.24. The van der Waals surface area contributed by atoms with Gasteiger partial charge in [0.2, 0.25) is 17.8 Å². The molecule has 0 aliphatic carbocycles. The van der Waals surface area contributed by atoms with Crippen molar-refractivity contribution < 1.29 is 0 Å². The van der Waals surface area contributed by atoms with Crippen LogP contribution in [0.25, 0.3) is 10.9 Å². The van der Waals surface area contributed by atoms with Crippen molar-refractivity contribution in [2.45, 2.75) is 46.1 Å². The highest BCUT2D eigenvalue weighted by Crippen LogP contribution is 2.27. The quantitative estimate of drug-likeness (QED) is 0.283.